The SMILES string of the molecule is Cc1cc2nnn(C3CCN(C)CC3)c2cc1C. The second-order valence-corrected chi connectivity index (χ2v) is 5.49. The number of likely N-dealkylation sites (tertiary alicyclic amines) is 1. The van der Waals surface area contributed by atoms with Gasteiger partial charge in [-0.05, 0) is 70.1 Å². The number of aromatic nitrogens is 3. The van der Waals surface area contributed by atoms with E-state index in [1.54, 1.807) is 0 Å². The molecule has 1 fully saturated rings. The molecule has 0 unspecified atom stereocenters. The lowest BCUT2D eigenvalue weighted by Gasteiger charge is -2.29. The number of rotatable bonds is 1. The monoisotopic (exact) mass is 244 g/mol. The summed E-state index contributed by atoms with van der Waals surface area (Å²) in [6.07, 6.45) is 2.34. The molecular weight excluding hydrogens is 224 g/mol. The standard InChI is InChI=1S/C14H20N4/c1-10-8-13-14(9-11(10)2)18(16-15-13)12-4-6-17(3)7-5-12/h8-9,12H,4-7H2,1-3H3. The van der Waals surface area contributed by atoms with Gasteiger partial charge in [0.15, 0.2) is 0 Å². The fourth-order valence-corrected chi connectivity index (χ4v) is 2.70. The van der Waals surface area contributed by atoms with Crippen molar-refractivity contribution in [1.82, 2.24) is 19.9 Å². The van der Waals surface area contributed by atoms with Crippen molar-refractivity contribution in [3.63, 3.8) is 0 Å². The van der Waals surface area contributed by atoms with Gasteiger partial charge in [0.25, 0.3) is 0 Å². The van der Waals surface area contributed by atoms with Gasteiger partial charge in [0.05, 0.1) is 11.6 Å². The number of hydrogen-bond donors (Lipinski definition) is 0. The Bertz CT molecular complexity index is 564. The molecule has 0 atom stereocenters. The molecule has 0 amide bonds. The van der Waals surface area contributed by atoms with Gasteiger partial charge in [0.1, 0.15) is 5.52 Å². The Morgan fingerprint density at radius 2 is 1.78 bits per heavy atom. The van der Waals surface area contributed by atoms with Crippen molar-refractivity contribution in [2.45, 2.75) is 32.7 Å². The van der Waals surface area contributed by atoms with Crippen molar-refractivity contribution in [2.24, 2.45) is 0 Å². The van der Waals surface area contributed by atoms with Crippen LogP contribution < -0.4 is 0 Å². The van der Waals surface area contributed by atoms with E-state index in [0.29, 0.717) is 6.04 Å². The zero-order chi connectivity index (χ0) is 12.7. The van der Waals surface area contributed by atoms with E-state index in [1.165, 1.54) is 29.5 Å². The maximum absolute atomic E-state index is 4.37. The van der Waals surface area contributed by atoms with Crippen molar-refractivity contribution in [1.29, 1.82) is 0 Å². The normalized spacial score (nSPS) is 18.6. The lowest BCUT2D eigenvalue weighted by Crippen LogP contribution is -2.31. The number of benzene rings is 1. The molecule has 2 heterocycles. The molecule has 3 rings (SSSR count). The number of piperidine rings is 1. The third-order valence-electron chi connectivity index (χ3n) is 4.12. The third kappa shape index (κ3) is 1.90. The Morgan fingerprint density at radius 1 is 1.11 bits per heavy atom. The van der Waals surface area contributed by atoms with E-state index < -0.39 is 0 Å². The molecule has 0 bridgehead atoms. The minimum absolute atomic E-state index is 0.508. The highest BCUT2D eigenvalue weighted by Gasteiger charge is 2.21. The van der Waals surface area contributed by atoms with Gasteiger partial charge >= 0.3 is 0 Å². The van der Waals surface area contributed by atoms with Crippen molar-refractivity contribution < 1.29 is 0 Å². The Labute approximate surface area is 108 Å². The molecule has 2 aromatic rings. The van der Waals surface area contributed by atoms with Gasteiger partial charge in [-0.1, -0.05) is 5.21 Å². The number of nitrogens with zero attached hydrogens (tertiary/aromatic N) is 4. The molecule has 1 aliphatic rings. The summed E-state index contributed by atoms with van der Waals surface area (Å²) in [6, 6.07) is 4.87. The predicted molar refractivity (Wildman–Crippen MR) is 72.8 cm³/mol. The van der Waals surface area contributed by atoms with Crippen LogP contribution in [0.4, 0.5) is 0 Å². The Balaban J connectivity index is 1.99. The van der Waals surface area contributed by atoms with Gasteiger partial charge in [-0.3, -0.25) is 0 Å². The molecule has 96 valence electrons. The minimum atomic E-state index is 0.508. The first-order valence-electron chi connectivity index (χ1n) is 6.66. The summed E-state index contributed by atoms with van der Waals surface area (Å²) in [7, 11) is 2.18. The fraction of sp³-hybridized carbons (Fsp3) is 0.571. The molecule has 0 aliphatic carbocycles. The highest BCUT2D eigenvalue weighted by Crippen LogP contribution is 2.26. The summed E-state index contributed by atoms with van der Waals surface area (Å²) >= 11 is 0. The summed E-state index contributed by atoms with van der Waals surface area (Å²) in [6.45, 7) is 6.58. The van der Waals surface area contributed by atoms with E-state index in [0.717, 1.165) is 18.6 Å². The maximum Gasteiger partial charge on any atom is 0.113 e. The summed E-state index contributed by atoms with van der Waals surface area (Å²) < 4.78 is 2.13. The topological polar surface area (TPSA) is 34.0 Å². The quantitative estimate of drug-likeness (QED) is 0.772. The molecule has 4 heteroatoms. The highest BCUT2D eigenvalue weighted by atomic mass is 15.4. The van der Waals surface area contributed by atoms with E-state index in [-0.39, 0.29) is 0 Å². The average Bonchev–Trinajstić information content (AvgIpc) is 2.74. The van der Waals surface area contributed by atoms with Gasteiger partial charge in [-0.2, -0.15) is 0 Å². The van der Waals surface area contributed by atoms with Crippen molar-refractivity contribution in [2.75, 3.05) is 20.1 Å². The lowest BCUT2D eigenvalue weighted by molar-refractivity contribution is 0.213. The van der Waals surface area contributed by atoms with Crippen LogP contribution in [0.25, 0.3) is 11.0 Å². The summed E-state index contributed by atoms with van der Waals surface area (Å²) in [5.41, 5.74) is 4.82. The summed E-state index contributed by atoms with van der Waals surface area (Å²) in [5, 5.41) is 8.69. The third-order valence-corrected chi connectivity index (χ3v) is 4.12. The molecule has 0 spiro atoms. The molecule has 1 aliphatic heterocycles. The highest BCUT2D eigenvalue weighted by molar-refractivity contribution is 5.76. The van der Waals surface area contributed by atoms with Crippen LogP contribution in [0, 0.1) is 13.8 Å². The first-order chi connectivity index (χ1) is 8.65. The van der Waals surface area contributed by atoms with Crippen molar-refractivity contribution in [3.05, 3.63) is 23.3 Å². The number of fused-ring (bicyclic) bond motifs is 1. The van der Waals surface area contributed by atoms with Crippen molar-refractivity contribution in [3.8, 4) is 0 Å². The van der Waals surface area contributed by atoms with Crippen LogP contribution in [0.15, 0.2) is 12.1 Å². The van der Waals surface area contributed by atoms with Crippen LogP contribution in [0.5, 0.6) is 0 Å². The van der Waals surface area contributed by atoms with Crippen LogP contribution in [-0.2, 0) is 0 Å². The smallest absolute Gasteiger partial charge is 0.113 e. The van der Waals surface area contributed by atoms with Gasteiger partial charge in [-0.25, -0.2) is 4.68 Å². The Kier molecular flexibility index (Phi) is 2.82. The lowest BCUT2D eigenvalue weighted by atomic mass is 10.0. The van der Waals surface area contributed by atoms with E-state index in [1.807, 2.05) is 0 Å². The van der Waals surface area contributed by atoms with Gasteiger partial charge in [-0.15, -0.1) is 5.10 Å². The number of hydrogen-bond acceptors (Lipinski definition) is 3. The van der Waals surface area contributed by atoms with Crippen LogP contribution in [0.3, 0.4) is 0 Å². The maximum atomic E-state index is 4.37. The molecule has 0 N–H and O–H groups in total. The fourth-order valence-electron chi connectivity index (χ4n) is 2.70. The first kappa shape index (κ1) is 11.7. The zero-order valence-corrected chi connectivity index (χ0v) is 11.3. The summed E-state index contributed by atoms with van der Waals surface area (Å²) in [4.78, 5) is 2.38. The molecule has 0 radical (unpaired) electrons. The predicted octanol–water partition coefficient (Wildman–Crippen LogP) is 2.31. The van der Waals surface area contributed by atoms with Crippen LogP contribution in [0.1, 0.15) is 30.0 Å². The Hall–Kier alpha value is -1.42. The van der Waals surface area contributed by atoms with E-state index in [2.05, 4.69) is 52.9 Å². The Morgan fingerprint density at radius 3 is 2.50 bits per heavy atom. The molecule has 18 heavy (non-hydrogen) atoms. The molecule has 1 aromatic carbocycles. The molecule has 0 saturated carbocycles. The van der Waals surface area contributed by atoms with Crippen molar-refractivity contribution >= 4 is 11.0 Å². The largest absolute Gasteiger partial charge is 0.306 e. The van der Waals surface area contributed by atoms with Gasteiger partial charge in [0, 0.05) is 0 Å². The van der Waals surface area contributed by atoms with E-state index in [4.69, 9.17) is 0 Å². The molecular formula is C14H20N4. The second kappa shape index (κ2) is 4.35. The minimum Gasteiger partial charge on any atom is -0.306 e. The van der Waals surface area contributed by atoms with E-state index in [9.17, 15) is 0 Å². The molecule has 1 aromatic heterocycles. The first-order valence-corrected chi connectivity index (χ1v) is 6.66. The van der Waals surface area contributed by atoms with Crippen LogP contribution >= 0.6 is 0 Å². The van der Waals surface area contributed by atoms with Crippen LogP contribution in [-0.4, -0.2) is 40.0 Å². The van der Waals surface area contributed by atoms with E-state index >= 15 is 0 Å². The summed E-state index contributed by atoms with van der Waals surface area (Å²) in [5.74, 6) is 0. The van der Waals surface area contributed by atoms with Gasteiger partial charge in [0.2, 0.25) is 0 Å². The van der Waals surface area contributed by atoms with Crippen LogP contribution in [0.2, 0.25) is 0 Å². The van der Waals surface area contributed by atoms with Gasteiger partial charge < -0.3 is 4.90 Å². The second-order valence-electron chi connectivity index (χ2n) is 5.49. The molecule has 4 nitrogen and oxygen atoms in total. The average molecular weight is 244 g/mol. The molecule has 1 saturated heterocycles. The number of aryl methyl sites for hydroxylation is 2. The zero-order valence-electron chi connectivity index (χ0n) is 11.3.